The molecule has 0 aromatic heterocycles. The van der Waals surface area contributed by atoms with Gasteiger partial charge in [0.15, 0.2) is 12.3 Å². The van der Waals surface area contributed by atoms with Crippen molar-refractivity contribution in [3.63, 3.8) is 0 Å². The number of carbonyl (C=O) groups excluding carboxylic acids is 2. The van der Waals surface area contributed by atoms with Crippen molar-refractivity contribution in [3.05, 3.63) is 0 Å². The van der Waals surface area contributed by atoms with Crippen LogP contribution in [0.1, 0.15) is 81.1 Å². The number of rotatable bonds is 2. The summed E-state index contributed by atoms with van der Waals surface area (Å²) in [5.41, 5.74) is 0.0407. The van der Waals surface area contributed by atoms with E-state index in [1.807, 2.05) is 19.6 Å². The molecule has 6 saturated heterocycles. The second kappa shape index (κ2) is 7.48. The second-order valence-corrected chi connectivity index (χ2v) is 14.9. The standard InChI is InChI=1S/C26H46N8O2/c1-23(2)9-17(10-24(3,4)27-23)29-13-31-19-20-33(21(31)35)15-30(16-34(20)22(36)32(19)14-29)18-11-25(5,6)28-26(7,8)12-18/h17-20,27-28H,9-16H2,1-8H3. The summed E-state index contributed by atoms with van der Waals surface area (Å²) in [6.45, 7) is 20.4. The Hall–Kier alpha value is -1.62. The van der Waals surface area contributed by atoms with E-state index in [1.165, 1.54) is 0 Å². The van der Waals surface area contributed by atoms with E-state index >= 15 is 0 Å². The Kier molecular flexibility index (Phi) is 5.14. The first kappa shape index (κ1) is 24.7. The summed E-state index contributed by atoms with van der Waals surface area (Å²) in [6, 6.07) is 0.777. The zero-order chi connectivity index (χ0) is 26.0. The highest BCUT2D eigenvalue weighted by Gasteiger charge is 2.64. The Morgan fingerprint density at radius 1 is 0.528 bits per heavy atom. The van der Waals surface area contributed by atoms with Crippen LogP contribution in [-0.2, 0) is 0 Å². The maximum atomic E-state index is 13.8. The van der Waals surface area contributed by atoms with E-state index in [2.05, 4.69) is 75.8 Å². The minimum atomic E-state index is -0.174. The molecule has 0 radical (unpaired) electrons. The quantitative estimate of drug-likeness (QED) is 0.603. The van der Waals surface area contributed by atoms with Crippen molar-refractivity contribution in [2.75, 3.05) is 26.7 Å². The lowest BCUT2D eigenvalue weighted by atomic mass is 9.79. The van der Waals surface area contributed by atoms with Gasteiger partial charge in [0.25, 0.3) is 0 Å². The van der Waals surface area contributed by atoms with Crippen LogP contribution in [0.4, 0.5) is 9.59 Å². The van der Waals surface area contributed by atoms with E-state index in [9.17, 15) is 9.59 Å². The zero-order valence-electron chi connectivity index (χ0n) is 23.5. The monoisotopic (exact) mass is 502 g/mol. The molecule has 6 rings (SSSR count). The summed E-state index contributed by atoms with van der Waals surface area (Å²) in [5, 5.41) is 7.53. The van der Waals surface area contributed by atoms with E-state index < -0.39 is 0 Å². The second-order valence-electron chi connectivity index (χ2n) is 14.9. The third-order valence-corrected chi connectivity index (χ3v) is 9.23. The minimum absolute atomic E-state index is 0.0102. The molecule has 4 amide bonds. The Morgan fingerprint density at radius 2 is 0.778 bits per heavy atom. The van der Waals surface area contributed by atoms with Crippen LogP contribution in [0.2, 0.25) is 0 Å². The number of piperidine rings is 2. The van der Waals surface area contributed by atoms with Crippen molar-refractivity contribution < 1.29 is 9.59 Å². The van der Waals surface area contributed by atoms with Crippen molar-refractivity contribution in [3.8, 4) is 0 Å². The average Bonchev–Trinajstić information content (AvgIpc) is 3.15. The van der Waals surface area contributed by atoms with Gasteiger partial charge >= 0.3 is 12.1 Å². The van der Waals surface area contributed by atoms with Gasteiger partial charge in [0.2, 0.25) is 0 Å². The van der Waals surface area contributed by atoms with Crippen LogP contribution in [0.5, 0.6) is 0 Å². The molecule has 0 bridgehead atoms. The molecule has 0 aliphatic carbocycles. The van der Waals surface area contributed by atoms with Gasteiger partial charge in [-0.1, -0.05) is 0 Å². The van der Waals surface area contributed by atoms with Crippen molar-refractivity contribution in [1.82, 2.24) is 40.0 Å². The lowest BCUT2D eigenvalue weighted by Gasteiger charge is -2.53. The van der Waals surface area contributed by atoms with E-state index in [4.69, 9.17) is 0 Å². The van der Waals surface area contributed by atoms with E-state index in [0.29, 0.717) is 38.8 Å². The molecule has 6 fully saturated rings. The van der Waals surface area contributed by atoms with Gasteiger partial charge in [-0.15, -0.1) is 0 Å². The maximum absolute atomic E-state index is 13.8. The van der Waals surface area contributed by atoms with Gasteiger partial charge in [-0.25, -0.2) is 9.59 Å². The number of nitrogens with zero attached hydrogens (tertiary/aromatic N) is 6. The molecular weight excluding hydrogens is 456 g/mol. The topological polar surface area (TPSA) is 77.6 Å². The summed E-state index contributed by atoms with van der Waals surface area (Å²) < 4.78 is 0. The highest BCUT2D eigenvalue weighted by atomic mass is 16.2. The number of hydrogen-bond donors (Lipinski definition) is 2. The van der Waals surface area contributed by atoms with Crippen molar-refractivity contribution in [1.29, 1.82) is 0 Å². The largest absolute Gasteiger partial charge is 0.325 e. The average molecular weight is 503 g/mol. The smallest absolute Gasteiger partial charge is 0.307 e. The zero-order valence-corrected chi connectivity index (χ0v) is 23.5. The fraction of sp³-hybridized carbons (Fsp3) is 0.923. The van der Waals surface area contributed by atoms with Crippen LogP contribution < -0.4 is 10.6 Å². The van der Waals surface area contributed by atoms with Gasteiger partial charge in [0.1, 0.15) is 0 Å². The molecule has 2 N–H and O–H groups in total. The Labute approximate surface area is 216 Å². The van der Waals surface area contributed by atoms with Gasteiger partial charge in [-0.3, -0.25) is 29.4 Å². The van der Waals surface area contributed by atoms with Crippen LogP contribution in [-0.4, -0.2) is 115 Å². The number of carbonyl (C=O) groups is 2. The fourth-order valence-corrected chi connectivity index (χ4v) is 8.73. The van der Waals surface area contributed by atoms with Gasteiger partial charge in [-0.2, -0.15) is 0 Å². The van der Waals surface area contributed by atoms with Crippen molar-refractivity contribution in [2.24, 2.45) is 0 Å². The van der Waals surface area contributed by atoms with Crippen LogP contribution >= 0.6 is 0 Å². The predicted molar refractivity (Wildman–Crippen MR) is 138 cm³/mol. The SMILES string of the molecule is CC1(C)CC(N2CN3C(=O)N4CN(C5CC(C)(C)NC(C)(C)C5)CN5C(=O)N(C2)C3C45)CC(C)(C)N1. The Bertz CT molecular complexity index is 824. The van der Waals surface area contributed by atoms with Crippen molar-refractivity contribution >= 4 is 12.1 Å². The summed E-state index contributed by atoms with van der Waals surface area (Å²) in [6.07, 6.45) is 3.64. The van der Waals surface area contributed by atoms with Crippen LogP contribution in [0, 0.1) is 0 Å². The first-order valence-electron chi connectivity index (χ1n) is 13.8. The summed E-state index contributed by atoms with van der Waals surface area (Å²) >= 11 is 0. The maximum Gasteiger partial charge on any atom is 0.325 e. The third-order valence-electron chi connectivity index (χ3n) is 9.23. The molecule has 0 saturated carbocycles. The summed E-state index contributed by atoms with van der Waals surface area (Å²) in [4.78, 5) is 40.3. The molecule has 202 valence electrons. The number of nitrogens with one attached hydrogen (secondary N) is 2. The summed E-state index contributed by atoms with van der Waals surface area (Å²) in [7, 11) is 0. The number of urea groups is 2. The van der Waals surface area contributed by atoms with Gasteiger partial charge in [0, 0.05) is 34.2 Å². The minimum Gasteiger partial charge on any atom is -0.307 e. The van der Waals surface area contributed by atoms with E-state index in [0.717, 1.165) is 25.7 Å². The van der Waals surface area contributed by atoms with Gasteiger partial charge in [-0.05, 0) is 81.1 Å². The molecule has 6 heterocycles. The third kappa shape index (κ3) is 3.90. The first-order chi connectivity index (χ1) is 16.5. The molecule has 0 atom stereocenters. The predicted octanol–water partition coefficient (Wildman–Crippen LogP) is 2.19. The van der Waals surface area contributed by atoms with Crippen LogP contribution in [0.15, 0.2) is 0 Å². The molecular formula is C26H46N8O2. The van der Waals surface area contributed by atoms with E-state index in [-0.39, 0.29) is 46.5 Å². The molecule has 0 aromatic rings. The molecule has 10 heteroatoms. The number of amides is 4. The Balaban J connectivity index is 1.24. The lowest BCUT2D eigenvalue weighted by Crippen LogP contribution is -2.68. The van der Waals surface area contributed by atoms with Crippen LogP contribution in [0.3, 0.4) is 0 Å². The van der Waals surface area contributed by atoms with Crippen molar-refractivity contribution in [2.45, 2.75) is 128 Å². The fourth-order valence-electron chi connectivity index (χ4n) is 8.73. The molecule has 36 heavy (non-hydrogen) atoms. The van der Waals surface area contributed by atoms with E-state index in [1.54, 1.807) is 0 Å². The van der Waals surface area contributed by atoms with Gasteiger partial charge in [0.05, 0.1) is 26.7 Å². The first-order valence-corrected chi connectivity index (χ1v) is 13.8. The molecule has 0 unspecified atom stereocenters. The highest BCUT2D eigenvalue weighted by molar-refractivity contribution is 5.85. The molecule has 0 aromatic carbocycles. The molecule has 6 aliphatic rings. The highest BCUT2D eigenvalue weighted by Crippen LogP contribution is 2.43. The molecule has 10 nitrogen and oxygen atoms in total. The Morgan fingerprint density at radius 3 is 1.03 bits per heavy atom. The number of hydrogen-bond acceptors (Lipinski definition) is 6. The normalized spacial score (nSPS) is 33.1. The molecule has 0 spiro atoms. The molecule has 6 aliphatic heterocycles. The van der Waals surface area contributed by atoms with Gasteiger partial charge < -0.3 is 10.6 Å². The van der Waals surface area contributed by atoms with Crippen LogP contribution in [0.25, 0.3) is 0 Å². The summed E-state index contributed by atoms with van der Waals surface area (Å²) in [5.74, 6) is 0. The lowest BCUT2D eigenvalue weighted by molar-refractivity contribution is -0.0651.